The normalized spacial score (nSPS) is 12.5. The lowest BCUT2D eigenvalue weighted by atomic mass is 10.3. The van der Waals surface area contributed by atoms with Gasteiger partial charge in [-0.15, -0.1) is 0 Å². The summed E-state index contributed by atoms with van der Waals surface area (Å²) in [5.41, 5.74) is 5.23. The number of rotatable bonds is 3. The van der Waals surface area contributed by atoms with E-state index in [2.05, 4.69) is 9.97 Å². The van der Waals surface area contributed by atoms with Crippen LogP contribution in [0, 0.1) is 5.82 Å². The molecule has 0 aliphatic carbocycles. The van der Waals surface area contributed by atoms with Crippen LogP contribution in [0.25, 0.3) is 0 Å². The van der Waals surface area contributed by atoms with E-state index in [-0.39, 0.29) is 17.9 Å². The van der Waals surface area contributed by atoms with E-state index in [1.165, 1.54) is 0 Å². The summed E-state index contributed by atoms with van der Waals surface area (Å²) in [7, 11) is 0. The quantitative estimate of drug-likeness (QED) is 0.772. The van der Waals surface area contributed by atoms with Gasteiger partial charge in [-0.3, -0.25) is 0 Å². The second kappa shape index (κ2) is 4.02. The summed E-state index contributed by atoms with van der Waals surface area (Å²) in [6.07, 6.45) is 1.84. The minimum Gasteiger partial charge on any atom is -0.460 e. The molecule has 72 valence electrons. The Morgan fingerprint density at radius 3 is 2.92 bits per heavy atom. The van der Waals surface area contributed by atoms with Crippen molar-refractivity contribution >= 4 is 5.82 Å². The predicted octanol–water partition coefficient (Wildman–Crippen LogP) is 1.38. The Kier molecular flexibility index (Phi) is 3.00. The molecule has 0 fully saturated rings. The molecule has 0 saturated carbocycles. The van der Waals surface area contributed by atoms with Crippen molar-refractivity contribution in [3.8, 4) is 6.01 Å². The maximum atomic E-state index is 12.6. The molecule has 0 aromatic carbocycles. The summed E-state index contributed by atoms with van der Waals surface area (Å²) < 4.78 is 17.8. The second-order valence-electron chi connectivity index (χ2n) is 2.72. The number of nitrogen functional groups attached to an aromatic ring is 1. The first-order valence-corrected chi connectivity index (χ1v) is 4.08. The van der Waals surface area contributed by atoms with Gasteiger partial charge in [-0.05, 0) is 13.3 Å². The molecule has 0 aliphatic heterocycles. The van der Waals surface area contributed by atoms with Gasteiger partial charge in [-0.1, -0.05) is 6.92 Å². The average molecular weight is 185 g/mol. The molecule has 0 bridgehead atoms. The van der Waals surface area contributed by atoms with Gasteiger partial charge in [0, 0.05) is 0 Å². The highest BCUT2D eigenvalue weighted by Gasteiger charge is 2.06. The Bertz CT molecular complexity index is 293. The van der Waals surface area contributed by atoms with Crippen LogP contribution in [0.3, 0.4) is 0 Å². The Hall–Kier alpha value is -1.39. The van der Waals surface area contributed by atoms with Gasteiger partial charge in [0.2, 0.25) is 0 Å². The molecule has 0 aliphatic rings. The number of aromatic nitrogens is 2. The monoisotopic (exact) mass is 185 g/mol. The predicted molar refractivity (Wildman–Crippen MR) is 46.8 cm³/mol. The van der Waals surface area contributed by atoms with E-state index in [1.807, 2.05) is 13.8 Å². The van der Waals surface area contributed by atoms with E-state index in [9.17, 15) is 4.39 Å². The first kappa shape index (κ1) is 9.70. The number of hydrogen-bond acceptors (Lipinski definition) is 4. The lowest BCUT2D eigenvalue weighted by Gasteiger charge is -2.10. The van der Waals surface area contributed by atoms with Crippen molar-refractivity contribution in [3.05, 3.63) is 12.0 Å². The first-order chi connectivity index (χ1) is 6.13. The van der Waals surface area contributed by atoms with E-state index in [4.69, 9.17) is 10.5 Å². The summed E-state index contributed by atoms with van der Waals surface area (Å²) in [5.74, 6) is -0.815. The van der Waals surface area contributed by atoms with Crippen molar-refractivity contribution in [2.75, 3.05) is 5.73 Å². The fourth-order valence-corrected chi connectivity index (χ4v) is 0.683. The van der Waals surface area contributed by atoms with Crippen molar-refractivity contribution in [2.24, 2.45) is 0 Å². The summed E-state index contributed by atoms with van der Waals surface area (Å²) in [4.78, 5) is 7.27. The smallest absolute Gasteiger partial charge is 0.318 e. The molecular formula is C8H12FN3O. The molecule has 1 rings (SSSR count). The summed E-state index contributed by atoms with van der Waals surface area (Å²) in [5, 5.41) is 0. The molecule has 1 aromatic heterocycles. The standard InChI is InChI=1S/C8H12FN3O/c1-3-5(2)13-8-11-4-6(9)7(10)12-8/h4-5H,3H2,1-2H3,(H2,10,11,12). The van der Waals surface area contributed by atoms with Crippen LogP contribution >= 0.6 is 0 Å². The molecule has 5 heteroatoms. The fraction of sp³-hybridized carbons (Fsp3) is 0.500. The molecular weight excluding hydrogens is 173 g/mol. The minimum atomic E-state index is -0.628. The number of ether oxygens (including phenoxy) is 1. The van der Waals surface area contributed by atoms with Crippen LogP contribution in [-0.2, 0) is 0 Å². The van der Waals surface area contributed by atoms with Crippen LogP contribution in [0.4, 0.5) is 10.2 Å². The number of hydrogen-bond donors (Lipinski definition) is 1. The third-order valence-corrected chi connectivity index (χ3v) is 1.63. The Balaban J connectivity index is 2.73. The van der Waals surface area contributed by atoms with E-state index in [0.29, 0.717) is 0 Å². The zero-order chi connectivity index (χ0) is 9.84. The van der Waals surface area contributed by atoms with Gasteiger partial charge in [0.15, 0.2) is 11.6 Å². The Morgan fingerprint density at radius 2 is 2.38 bits per heavy atom. The van der Waals surface area contributed by atoms with E-state index >= 15 is 0 Å². The topological polar surface area (TPSA) is 61.0 Å². The molecule has 0 radical (unpaired) electrons. The van der Waals surface area contributed by atoms with E-state index in [1.54, 1.807) is 0 Å². The molecule has 0 amide bonds. The van der Waals surface area contributed by atoms with Gasteiger partial charge < -0.3 is 10.5 Å². The minimum absolute atomic E-state index is 0.00450. The van der Waals surface area contributed by atoms with Gasteiger partial charge in [0.1, 0.15) is 0 Å². The number of nitrogens with zero attached hydrogens (tertiary/aromatic N) is 2. The van der Waals surface area contributed by atoms with Gasteiger partial charge in [-0.25, -0.2) is 9.37 Å². The van der Waals surface area contributed by atoms with Crippen molar-refractivity contribution in [2.45, 2.75) is 26.4 Å². The van der Waals surface area contributed by atoms with Gasteiger partial charge in [0.25, 0.3) is 0 Å². The van der Waals surface area contributed by atoms with Crippen LogP contribution in [0.1, 0.15) is 20.3 Å². The van der Waals surface area contributed by atoms with E-state index in [0.717, 1.165) is 12.6 Å². The fourth-order valence-electron chi connectivity index (χ4n) is 0.683. The molecule has 1 heterocycles. The molecule has 4 nitrogen and oxygen atoms in total. The van der Waals surface area contributed by atoms with Crippen molar-refractivity contribution in [3.63, 3.8) is 0 Å². The summed E-state index contributed by atoms with van der Waals surface area (Å²) in [6.45, 7) is 3.85. The maximum absolute atomic E-state index is 12.6. The van der Waals surface area contributed by atoms with Gasteiger partial charge >= 0.3 is 6.01 Å². The zero-order valence-electron chi connectivity index (χ0n) is 7.62. The van der Waals surface area contributed by atoms with Gasteiger partial charge in [0.05, 0.1) is 12.3 Å². The summed E-state index contributed by atoms with van der Waals surface area (Å²) >= 11 is 0. The van der Waals surface area contributed by atoms with Crippen LogP contribution < -0.4 is 10.5 Å². The molecule has 1 unspecified atom stereocenters. The van der Waals surface area contributed by atoms with Crippen molar-refractivity contribution in [1.82, 2.24) is 9.97 Å². The molecule has 13 heavy (non-hydrogen) atoms. The number of anilines is 1. The largest absolute Gasteiger partial charge is 0.460 e. The highest BCUT2D eigenvalue weighted by Crippen LogP contribution is 2.11. The molecule has 1 aromatic rings. The highest BCUT2D eigenvalue weighted by molar-refractivity contribution is 5.29. The van der Waals surface area contributed by atoms with Crippen LogP contribution in [-0.4, -0.2) is 16.1 Å². The van der Waals surface area contributed by atoms with Gasteiger partial charge in [-0.2, -0.15) is 4.98 Å². The molecule has 1 atom stereocenters. The SMILES string of the molecule is CCC(C)Oc1ncc(F)c(N)n1. The van der Waals surface area contributed by atoms with Crippen LogP contribution in [0.2, 0.25) is 0 Å². The number of halogens is 1. The second-order valence-corrected chi connectivity index (χ2v) is 2.72. The third kappa shape index (κ3) is 2.54. The lowest BCUT2D eigenvalue weighted by Crippen LogP contribution is -2.12. The lowest BCUT2D eigenvalue weighted by molar-refractivity contribution is 0.199. The Morgan fingerprint density at radius 1 is 1.69 bits per heavy atom. The summed E-state index contributed by atoms with van der Waals surface area (Å²) in [6, 6.07) is 0.119. The van der Waals surface area contributed by atoms with Crippen LogP contribution in [0.15, 0.2) is 6.20 Å². The van der Waals surface area contributed by atoms with Crippen molar-refractivity contribution in [1.29, 1.82) is 0 Å². The third-order valence-electron chi connectivity index (χ3n) is 1.63. The maximum Gasteiger partial charge on any atom is 0.318 e. The number of nitrogens with two attached hydrogens (primary N) is 1. The van der Waals surface area contributed by atoms with Crippen molar-refractivity contribution < 1.29 is 9.13 Å². The Labute approximate surface area is 75.9 Å². The van der Waals surface area contributed by atoms with E-state index < -0.39 is 5.82 Å². The average Bonchev–Trinajstić information content (AvgIpc) is 2.11. The first-order valence-electron chi connectivity index (χ1n) is 4.08. The highest BCUT2D eigenvalue weighted by atomic mass is 19.1. The zero-order valence-corrected chi connectivity index (χ0v) is 7.62. The molecule has 2 N–H and O–H groups in total. The molecule has 0 saturated heterocycles. The van der Waals surface area contributed by atoms with Crippen LogP contribution in [0.5, 0.6) is 6.01 Å². The molecule has 0 spiro atoms.